The summed E-state index contributed by atoms with van der Waals surface area (Å²) in [6.45, 7) is 1.40. The summed E-state index contributed by atoms with van der Waals surface area (Å²) in [6.07, 6.45) is 1.47. The fourth-order valence-electron chi connectivity index (χ4n) is 3.46. The van der Waals surface area contributed by atoms with Crippen LogP contribution in [0.4, 0.5) is 0 Å². The van der Waals surface area contributed by atoms with Gasteiger partial charge in [0, 0.05) is 16.6 Å². The monoisotopic (exact) mass is 420 g/mol. The summed E-state index contributed by atoms with van der Waals surface area (Å²) in [5, 5.41) is 9.35. The van der Waals surface area contributed by atoms with Crippen LogP contribution >= 0.6 is 11.3 Å². The molecular weight excluding hydrogens is 400 g/mol. The summed E-state index contributed by atoms with van der Waals surface area (Å²) >= 11 is 1.70. The zero-order valence-electron chi connectivity index (χ0n) is 16.4. The highest BCUT2D eigenvalue weighted by Gasteiger charge is 2.23. The molecule has 8 heteroatoms. The van der Waals surface area contributed by atoms with Gasteiger partial charge >= 0.3 is 0 Å². The van der Waals surface area contributed by atoms with Gasteiger partial charge in [0.25, 0.3) is 5.91 Å². The van der Waals surface area contributed by atoms with Gasteiger partial charge in [0.05, 0.1) is 19.3 Å². The van der Waals surface area contributed by atoms with Gasteiger partial charge in [-0.15, -0.1) is 16.4 Å². The molecule has 0 spiro atoms. The summed E-state index contributed by atoms with van der Waals surface area (Å²) in [6, 6.07) is 17.9. The van der Waals surface area contributed by atoms with Crippen LogP contribution in [0.15, 0.2) is 60.8 Å². The molecule has 2 aromatic carbocycles. The first-order valence-electron chi connectivity index (χ1n) is 9.67. The smallest absolute Gasteiger partial charge is 0.276 e. The number of aromatic nitrogens is 3. The molecule has 0 aliphatic carbocycles. The average Bonchev–Trinajstić information content (AvgIpc) is 3.39. The maximum Gasteiger partial charge on any atom is 0.276 e. The molecule has 2 aromatic heterocycles. The Hall–Kier alpha value is -3.39. The Morgan fingerprint density at radius 2 is 2.00 bits per heavy atom. The fraction of sp³-hybridized carbons (Fsp3) is 0.227. The van der Waals surface area contributed by atoms with E-state index in [-0.39, 0.29) is 12.0 Å². The van der Waals surface area contributed by atoms with E-state index in [1.165, 1.54) is 10.1 Å². The normalized spacial score (nSPS) is 15.3. The highest BCUT2D eigenvalue weighted by Crippen LogP contribution is 2.31. The molecule has 0 bridgehead atoms. The van der Waals surface area contributed by atoms with Gasteiger partial charge in [0.1, 0.15) is 6.61 Å². The van der Waals surface area contributed by atoms with Crippen LogP contribution in [0.3, 0.4) is 0 Å². The van der Waals surface area contributed by atoms with E-state index in [4.69, 9.17) is 9.47 Å². The van der Waals surface area contributed by atoms with E-state index in [9.17, 15) is 4.79 Å². The van der Waals surface area contributed by atoms with Crippen LogP contribution in [0.1, 0.15) is 15.4 Å². The lowest BCUT2D eigenvalue weighted by Crippen LogP contribution is -2.33. The van der Waals surface area contributed by atoms with Gasteiger partial charge in [-0.05, 0) is 29.7 Å². The first kappa shape index (κ1) is 18.6. The quantitative estimate of drug-likeness (QED) is 0.493. The number of carbonyl (C=O) groups excluding carboxylic acids is 1. The molecule has 1 atom stereocenters. The minimum absolute atomic E-state index is 0.162. The van der Waals surface area contributed by atoms with Crippen molar-refractivity contribution in [2.45, 2.75) is 19.2 Å². The second kappa shape index (κ2) is 7.79. The van der Waals surface area contributed by atoms with E-state index in [1.54, 1.807) is 34.2 Å². The Bertz CT molecular complexity index is 1170. The molecule has 152 valence electrons. The molecule has 0 saturated carbocycles. The highest BCUT2D eigenvalue weighted by atomic mass is 32.1. The largest absolute Gasteiger partial charge is 0.486 e. The summed E-state index contributed by atoms with van der Waals surface area (Å²) in [7, 11) is 1.78. The third kappa shape index (κ3) is 3.73. The van der Waals surface area contributed by atoms with Crippen LogP contribution < -0.4 is 9.47 Å². The lowest BCUT2D eigenvalue weighted by molar-refractivity contribution is 0.0752. The topological polar surface area (TPSA) is 69.5 Å². The van der Waals surface area contributed by atoms with Crippen LogP contribution in [-0.2, 0) is 13.1 Å². The van der Waals surface area contributed by atoms with E-state index >= 15 is 0 Å². The maximum absolute atomic E-state index is 12.8. The van der Waals surface area contributed by atoms with Gasteiger partial charge in [-0.25, -0.2) is 4.68 Å². The third-order valence-electron chi connectivity index (χ3n) is 4.93. The number of hydrogen-bond donors (Lipinski definition) is 0. The maximum atomic E-state index is 12.8. The molecule has 4 aromatic rings. The lowest BCUT2D eigenvalue weighted by atomic mass is 10.2. The van der Waals surface area contributed by atoms with Crippen LogP contribution in [0.5, 0.6) is 11.5 Å². The molecule has 5 rings (SSSR count). The fourth-order valence-corrected chi connectivity index (χ4v) is 4.58. The summed E-state index contributed by atoms with van der Waals surface area (Å²) in [4.78, 5) is 15.6. The van der Waals surface area contributed by atoms with Crippen molar-refractivity contribution in [3.63, 3.8) is 0 Å². The SMILES string of the molecule is CN(Cc1cc2ccccc2s1)C(=O)c1cn(CC2COc3ccccc3O2)nn1. The van der Waals surface area contributed by atoms with Crippen LogP contribution in [0.25, 0.3) is 10.1 Å². The summed E-state index contributed by atoms with van der Waals surface area (Å²) in [5.41, 5.74) is 0.315. The second-order valence-electron chi connectivity index (χ2n) is 7.24. The average molecular weight is 420 g/mol. The molecule has 30 heavy (non-hydrogen) atoms. The number of thiophene rings is 1. The van der Waals surface area contributed by atoms with Gasteiger partial charge in [-0.3, -0.25) is 4.79 Å². The highest BCUT2D eigenvalue weighted by molar-refractivity contribution is 7.19. The minimum atomic E-state index is -0.194. The van der Waals surface area contributed by atoms with Crippen molar-refractivity contribution in [1.82, 2.24) is 19.9 Å². The van der Waals surface area contributed by atoms with Crippen molar-refractivity contribution in [2.24, 2.45) is 0 Å². The number of fused-ring (bicyclic) bond motifs is 2. The number of hydrogen-bond acceptors (Lipinski definition) is 6. The van der Waals surface area contributed by atoms with Crippen LogP contribution in [0, 0.1) is 0 Å². The Morgan fingerprint density at radius 1 is 1.20 bits per heavy atom. The Morgan fingerprint density at radius 3 is 2.87 bits per heavy atom. The minimum Gasteiger partial charge on any atom is -0.486 e. The van der Waals surface area contributed by atoms with E-state index in [0.29, 0.717) is 31.1 Å². The van der Waals surface area contributed by atoms with Crippen molar-refractivity contribution in [3.8, 4) is 11.5 Å². The Balaban J connectivity index is 1.23. The molecular formula is C22H20N4O3S. The van der Waals surface area contributed by atoms with E-state index in [0.717, 1.165) is 10.6 Å². The van der Waals surface area contributed by atoms with Crippen LogP contribution in [0.2, 0.25) is 0 Å². The van der Waals surface area contributed by atoms with Gasteiger partial charge in [-0.2, -0.15) is 0 Å². The lowest BCUT2D eigenvalue weighted by Gasteiger charge is -2.26. The van der Waals surface area contributed by atoms with E-state index < -0.39 is 0 Å². The molecule has 1 aliphatic rings. The first-order chi connectivity index (χ1) is 14.7. The van der Waals surface area contributed by atoms with Gasteiger partial charge in [0.2, 0.25) is 0 Å². The standard InChI is InChI=1S/C22H20N4O3S/c1-25(12-17-10-15-6-2-5-9-21(15)30-17)22(27)18-13-26(24-23-18)11-16-14-28-19-7-3-4-8-20(19)29-16/h2-10,13,16H,11-12,14H2,1H3. The molecule has 1 amide bonds. The van der Waals surface area contributed by atoms with Crippen LogP contribution in [-0.4, -0.2) is 45.6 Å². The number of nitrogens with zero attached hydrogens (tertiary/aromatic N) is 4. The van der Waals surface area contributed by atoms with Gasteiger partial charge in [0.15, 0.2) is 23.3 Å². The number of carbonyl (C=O) groups is 1. The molecule has 1 aliphatic heterocycles. The van der Waals surface area contributed by atoms with E-state index in [1.807, 2.05) is 36.4 Å². The van der Waals surface area contributed by atoms with Gasteiger partial charge in [-0.1, -0.05) is 35.5 Å². The molecule has 3 heterocycles. The summed E-state index contributed by atoms with van der Waals surface area (Å²) < 4.78 is 14.5. The van der Waals surface area contributed by atoms with E-state index in [2.05, 4.69) is 28.5 Å². The molecule has 0 radical (unpaired) electrons. The number of amides is 1. The summed E-state index contributed by atoms with van der Waals surface area (Å²) in [5.74, 6) is 1.30. The van der Waals surface area contributed by atoms with Crippen molar-refractivity contribution < 1.29 is 14.3 Å². The Labute approximate surface area is 177 Å². The molecule has 0 fully saturated rings. The van der Waals surface area contributed by atoms with Crippen molar-refractivity contribution in [2.75, 3.05) is 13.7 Å². The van der Waals surface area contributed by atoms with Gasteiger partial charge < -0.3 is 14.4 Å². The van der Waals surface area contributed by atoms with Crippen molar-refractivity contribution in [1.29, 1.82) is 0 Å². The molecule has 1 unspecified atom stereocenters. The first-order valence-corrected chi connectivity index (χ1v) is 10.5. The van der Waals surface area contributed by atoms with Crippen molar-refractivity contribution in [3.05, 3.63) is 71.4 Å². The predicted octanol–water partition coefficient (Wildman–Crippen LogP) is 3.61. The number of para-hydroxylation sites is 2. The zero-order chi connectivity index (χ0) is 20.5. The number of benzene rings is 2. The Kier molecular flexibility index (Phi) is 4.84. The molecule has 0 saturated heterocycles. The zero-order valence-corrected chi connectivity index (χ0v) is 17.2. The second-order valence-corrected chi connectivity index (χ2v) is 8.40. The predicted molar refractivity (Wildman–Crippen MR) is 114 cm³/mol. The molecule has 0 N–H and O–H groups in total. The number of rotatable bonds is 5. The molecule has 7 nitrogen and oxygen atoms in total. The van der Waals surface area contributed by atoms with Crippen molar-refractivity contribution >= 4 is 27.3 Å². The number of ether oxygens (including phenoxy) is 2. The third-order valence-corrected chi connectivity index (χ3v) is 6.03.